The van der Waals surface area contributed by atoms with Gasteiger partial charge < -0.3 is 10.2 Å². The molecule has 0 radical (unpaired) electrons. The van der Waals surface area contributed by atoms with E-state index in [2.05, 4.69) is 77.0 Å². The lowest BCUT2D eigenvalue weighted by Crippen LogP contribution is -2.30. The summed E-state index contributed by atoms with van der Waals surface area (Å²) >= 11 is 0. The van der Waals surface area contributed by atoms with Crippen molar-refractivity contribution in [1.29, 1.82) is 0 Å². The Morgan fingerprint density at radius 1 is 1.05 bits per heavy atom. The molecule has 0 aliphatic heterocycles. The fourth-order valence-electron chi connectivity index (χ4n) is 6.61. The smallest absolute Gasteiger partial charge is 0.289 e. The molecule has 40 heavy (non-hydrogen) atoms. The average molecular weight is 539 g/mol. The Labute approximate surface area is 239 Å². The van der Waals surface area contributed by atoms with Crippen molar-refractivity contribution in [3.05, 3.63) is 77.2 Å². The molecule has 1 aliphatic carbocycles. The third kappa shape index (κ3) is 5.63. The molecule has 1 amide bonds. The van der Waals surface area contributed by atoms with E-state index in [-0.39, 0.29) is 5.91 Å². The second-order valence-electron chi connectivity index (χ2n) is 11.9. The minimum absolute atomic E-state index is 0.0691. The van der Waals surface area contributed by atoms with Crippen LogP contribution in [0.2, 0.25) is 0 Å². The van der Waals surface area contributed by atoms with E-state index in [0.717, 1.165) is 17.8 Å². The van der Waals surface area contributed by atoms with E-state index < -0.39 is 0 Å². The van der Waals surface area contributed by atoms with Gasteiger partial charge in [0.05, 0.1) is 25.7 Å². The molecular weight excluding hydrogens is 494 g/mol. The number of benzene rings is 1. The van der Waals surface area contributed by atoms with Gasteiger partial charge in [-0.1, -0.05) is 25.0 Å². The summed E-state index contributed by atoms with van der Waals surface area (Å²) in [7, 11) is 9.89. The van der Waals surface area contributed by atoms with Crippen molar-refractivity contribution in [2.75, 3.05) is 26.5 Å². The maximum Gasteiger partial charge on any atom is 0.289 e. The van der Waals surface area contributed by atoms with Gasteiger partial charge in [-0.3, -0.25) is 4.79 Å². The molecule has 0 bridgehead atoms. The van der Waals surface area contributed by atoms with E-state index in [9.17, 15) is 4.79 Å². The first-order valence-corrected chi connectivity index (χ1v) is 14.7. The van der Waals surface area contributed by atoms with Crippen LogP contribution in [-0.2, 0) is 20.5 Å². The summed E-state index contributed by atoms with van der Waals surface area (Å²) in [5.74, 6) is 2.27. The summed E-state index contributed by atoms with van der Waals surface area (Å²) in [6, 6.07) is 15.1. The van der Waals surface area contributed by atoms with Crippen LogP contribution in [0.5, 0.6) is 0 Å². The Morgan fingerprint density at radius 2 is 1.75 bits per heavy atom. The number of carbonyl (C=O) groups is 1. The van der Waals surface area contributed by atoms with Crippen molar-refractivity contribution in [3.8, 4) is 11.1 Å². The molecule has 1 aromatic carbocycles. The van der Waals surface area contributed by atoms with Gasteiger partial charge in [-0.2, -0.15) is 0 Å². The van der Waals surface area contributed by atoms with Crippen LogP contribution >= 0.6 is 0 Å². The zero-order chi connectivity index (χ0) is 28.4. The van der Waals surface area contributed by atoms with Gasteiger partial charge in [0.1, 0.15) is 11.5 Å². The lowest BCUT2D eigenvalue weighted by Gasteiger charge is -2.25. The van der Waals surface area contributed by atoms with Crippen molar-refractivity contribution >= 4 is 22.8 Å². The number of aryl methyl sites for hydroxylation is 3. The summed E-state index contributed by atoms with van der Waals surface area (Å²) in [4.78, 5) is 18.5. The molecule has 5 rings (SSSR count). The van der Waals surface area contributed by atoms with Crippen molar-refractivity contribution in [1.82, 2.24) is 14.5 Å². The van der Waals surface area contributed by atoms with Crippen LogP contribution in [0.4, 0.5) is 5.82 Å². The molecule has 1 fully saturated rings. The predicted molar refractivity (Wildman–Crippen MR) is 164 cm³/mol. The molecule has 3 aromatic heterocycles. The number of nitrogens with zero attached hydrogens (tertiary/aromatic N) is 4. The van der Waals surface area contributed by atoms with Crippen LogP contribution in [0.15, 0.2) is 54.9 Å². The number of pyridine rings is 2. The Bertz CT molecular complexity index is 1490. The Morgan fingerprint density at radius 3 is 2.38 bits per heavy atom. The quantitative estimate of drug-likeness (QED) is 0.289. The summed E-state index contributed by atoms with van der Waals surface area (Å²) in [6.45, 7) is 2.17. The SMILES string of the molecule is CNc1cc(C)c(-c2cc[n+](C)c3c2cc(CC2CCCC(c4ccc(C(=O)N(C)C)cc4)CCC2)n3C)cn1. The second kappa shape index (κ2) is 11.8. The normalized spacial score (nSPS) is 17.9. The predicted octanol–water partition coefficient (Wildman–Crippen LogP) is 6.41. The van der Waals surface area contributed by atoms with Crippen molar-refractivity contribution < 1.29 is 9.36 Å². The second-order valence-corrected chi connectivity index (χ2v) is 11.9. The van der Waals surface area contributed by atoms with Gasteiger partial charge in [0.25, 0.3) is 11.6 Å². The minimum Gasteiger partial charge on any atom is -0.373 e. The zero-order valence-corrected chi connectivity index (χ0v) is 25.0. The highest BCUT2D eigenvalue weighted by molar-refractivity contribution is 5.94. The molecule has 0 atom stereocenters. The van der Waals surface area contributed by atoms with E-state index in [1.807, 2.05) is 25.4 Å². The van der Waals surface area contributed by atoms with Gasteiger partial charge >= 0.3 is 0 Å². The summed E-state index contributed by atoms with van der Waals surface area (Å²) in [5, 5.41) is 4.45. The highest BCUT2D eigenvalue weighted by Crippen LogP contribution is 2.36. The molecule has 6 nitrogen and oxygen atoms in total. The molecule has 1 N–H and O–H groups in total. The van der Waals surface area contributed by atoms with Crippen molar-refractivity contribution in [2.45, 2.75) is 57.8 Å². The molecule has 1 saturated carbocycles. The van der Waals surface area contributed by atoms with Crippen LogP contribution in [-0.4, -0.2) is 41.5 Å². The summed E-state index contributed by atoms with van der Waals surface area (Å²) < 4.78 is 4.65. The van der Waals surface area contributed by atoms with Crippen molar-refractivity contribution in [2.24, 2.45) is 20.0 Å². The van der Waals surface area contributed by atoms with Crippen LogP contribution in [0.25, 0.3) is 22.2 Å². The fourth-order valence-corrected chi connectivity index (χ4v) is 6.61. The first-order valence-electron chi connectivity index (χ1n) is 14.7. The number of aromatic nitrogens is 3. The third-order valence-corrected chi connectivity index (χ3v) is 8.91. The van der Waals surface area contributed by atoms with Gasteiger partial charge in [-0.05, 0) is 85.9 Å². The molecular formula is C34H44N5O+. The van der Waals surface area contributed by atoms with Crippen LogP contribution < -0.4 is 9.88 Å². The van der Waals surface area contributed by atoms with Gasteiger partial charge in [-0.25, -0.2) is 14.1 Å². The zero-order valence-electron chi connectivity index (χ0n) is 25.0. The Balaban J connectivity index is 1.30. The topological polar surface area (TPSA) is 54.0 Å². The summed E-state index contributed by atoms with van der Waals surface area (Å²) in [6.07, 6.45) is 12.8. The first-order chi connectivity index (χ1) is 19.3. The van der Waals surface area contributed by atoms with Gasteiger partial charge in [-0.15, -0.1) is 0 Å². The molecule has 6 heteroatoms. The molecule has 0 unspecified atom stereocenters. The van der Waals surface area contributed by atoms with Gasteiger partial charge in [0, 0.05) is 50.5 Å². The van der Waals surface area contributed by atoms with E-state index >= 15 is 0 Å². The largest absolute Gasteiger partial charge is 0.373 e. The molecule has 1 aliphatic rings. The highest BCUT2D eigenvalue weighted by Gasteiger charge is 2.24. The molecule has 0 saturated heterocycles. The maximum atomic E-state index is 12.3. The maximum absolute atomic E-state index is 12.3. The van der Waals surface area contributed by atoms with Crippen LogP contribution in [0.3, 0.4) is 0 Å². The molecule has 210 valence electrons. The molecule has 3 heterocycles. The number of carbonyl (C=O) groups excluding carboxylic acids is 1. The number of nitrogens with one attached hydrogen (secondary N) is 1. The number of hydrogen-bond donors (Lipinski definition) is 1. The average Bonchev–Trinajstić information content (AvgIpc) is 3.26. The Hall–Kier alpha value is -3.67. The van der Waals surface area contributed by atoms with E-state index in [4.69, 9.17) is 0 Å². The number of hydrogen-bond acceptors (Lipinski definition) is 3. The lowest BCUT2D eigenvalue weighted by molar-refractivity contribution is -0.647. The highest BCUT2D eigenvalue weighted by atomic mass is 16.2. The number of amides is 1. The number of anilines is 1. The minimum atomic E-state index is 0.0691. The third-order valence-electron chi connectivity index (χ3n) is 8.91. The first kappa shape index (κ1) is 27.9. The Kier molecular flexibility index (Phi) is 8.24. The molecule has 4 aromatic rings. The summed E-state index contributed by atoms with van der Waals surface area (Å²) in [5.41, 5.74) is 8.50. The van der Waals surface area contributed by atoms with E-state index in [1.54, 1.807) is 19.0 Å². The van der Waals surface area contributed by atoms with Crippen molar-refractivity contribution in [3.63, 3.8) is 0 Å². The molecule has 0 spiro atoms. The van der Waals surface area contributed by atoms with Gasteiger partial charge in [0.15, 0.2) is 0 Å². The monoisotopic (exact) mass is 538 g/mol. The van der Waals surface area contributed by atoms with Crippen LogP contribution in [0.1, 0.15) is 71.6 Å². The van der Waals surface area contributed by atoms with E-state index in [0.29, 0.717) is 11.8 Å². The van der Waals surface area contributed by atoms with E-state index in [1.165, 1.54) is 77.5 Å². The van der Waals surface area contributed by atoms with Crippen LogP contribution in [0, 0.1) is 12.8 Å². The lowest BCUT2D eigenvalue weighted by atomic mass is 9.81. The standard InChI is InChI=1S/C34H43N5O/c1-23-19-32(35-2)36-22-31(23)29-17-18-38(5)33-30(29)21-28(39(33)6)20-24-9-7-11-25(12-8-10-24)26-13-15-27(16-14-26)34(40)37(3)4/h13-19,21-22,24-25H,7-12,20H2,1-6H3/p+1. The number of fused-ring (bicyclic) bond motifs is 1. The van der Waals surface area contributed by atoms with Gasteiger partial charge in [0.2, 0.25) is 0 Å². The fraction of sp³-hybridized carbons (Fsp3) is 0.441. The number of rotatable bonds is 6.